The van der Waals surface area contributed by atoms with Crippen molar-refractivity contribution in [3.8, 4) is 0 Å². The number of aromatic amines is 1. The van der Waals surface area contributed by atoms with E-state index in [-0.39, 0.29) is 11.6 Å². The van der Waals surface area contributed by atoms with Gasteiger partial charge in [-0.2, -0.15) is 5.10 Å². The average Bonchev–Trinajstić information content (AvgIpc) is 3.40. The molecule has 4 aromatic rings. The Hall–Kier alpha value is -3.72. The van der Waals surface area contributed by atoms with Gasteiger partial charge in [0, 0.05) is 49.0 Å². The van der Waals surface area contributed by atoms with Crippen LogP contribution in [-0.4, -0.2) is 38.4 Å². The van der Waals surface area contributed by atoms with Crippen molar-refractivity contribution in [1.82, 2.24) is 24.7 Å². The van der Waals surface area contributed by atoms with E-state index < -0.39 is 0 Å². The molecule has 0 spiro atoms. The van der Waals surface area contributed by atoms with Gasteiger partial charge < -0.3 is 19.9 Å². The molecule has 1 aromatic carbocycles. The fourth-order valence-corrected chi connectivity index (χ4v) is 3.73. The smallest absolute Gasteiger partial charge is 0.250 e. The zero-order valence-corrected chi connectivity index (χ0v) is 16.4. The molecule has 0 saturated heterocycles. The molecular weight excluding hydrogens is 382 g/mol. The zero-order valence-electron chi connectivity index (χ0n) is 16.4. The molecule has 1 aliphatic heterocycles. The van der Waals surface area contributed by atoms with Gasteiger partial charge in [0.1, 0.15) is 18.0 Å². The molecule has 1 atom stereocenters. The standard InChI is InChI=1S/C21H21N7O2/c1-30-7-6-28-5-4-13(9-19(28)29)18-10-16-20(22-12-23-21(16)26-18)25-15-2-3-17-14(8-15)11-24-27-17/h2-5,8-9,11-12,18H,6-7,10H2,1H3,(H,24,27)(H2,22,23,25,26). The van der Waals surface area contributed by atoms with Crippen LogP contribution in [0.2, 0.25) is 0 Å². The van der Waals surface area contributed by atoms with Gasteiger partial charge in [0.2, 0.25) is 0 Å². The van der Waals surface area contributed by atoms with Crippen molar-refractivity contribution in [2.75, 3.05) is 24.4 Å². The van der Waals surface area contributed by atoms with E-state index in [2.05, 4.69) is 30.8 Å². The molecule has 0 fully saturated rings. The van der Waals surface area contributed by atoms with Crippen molar-refractivity contribution < 1.29 is 4.74 Å². The number of anilines is 3. The van der Waals surface area contributed by atoms with Crippen molar-refractivity contribution in [2.24, 2.45) is 0 Å². The fourth-order valence-electron chi connectivity index (χ4n) is 3.73. The summed E-state index contributed by atoms with van der Waals surface area (Å²) in [5.41, 5.74) is 3.79. The normalized spacial score (nSPS) is 15.2. The van der Waals surface area contributed by atoms with Crippen LogP contribution in [0.25, 0.3) is 10.9 Å². The maximum atomic E-state index is 12.4. The Kier molecular flexibility index (Phi) is 4.64. The molecule has 0 bridgehead atoms. The minimum Gasteiger partial charge on any atom is -0.383 e. The number of benzene rings is 1. The van der Waals surface area contributed by atoms with Crippen molar-refractivity contribution in [3.05, 3.63) is 70.5 Å². The molecule has 3 aromatic heterocycles. The number of fused-ring (bicyclic) bond motifs is 2. The second kappa shape index (κ2) is 7.60. The van der Waals surface area contributed by atoms with E-state index in [4.69, 9.17) is 4.74 Å². The number of hydrogen-bond acceptors (Lipinski definition) is 7. The second-order valence-electron chi connectivity index (χ2n) is 7.23. The third kappa shape index (κ3) is 3.39. The monoisotopic (exact) mass is 403 g/mol. The summed E-state index contributed by atoms with van der Waals surface area (Å²) in [4.78, 5) is 21.2. The number of H-pyrrole nitrogens is 1. The van der Waals surface area contributed by atoms with Crippen LogP contribution in [0.15, 0.2) is 53.8 Å². The highest BCUT2D eigenvalue weighted by atomic mass is 16.5. The zero-order chi connectivity index (χ0) is 20.5. The summed E-state index contributed by atoms with van der Waals surface area (Å²) in [5.74, 6) is 1.54. The van der Waals surface area contributed by atoms with E-state index in [0.29, 0.717) is 19.6 Å². The third-order valence-corrected chi connectivity index (χ3v) is 5.33. The number of ether oxygens (including phenoxy) is 1. The maximum Gasteiger partial charge on any atom is 0.250 e. The quantitative estimate of drug-likeness (QED) is 0.454. The number of nitrogens with one attached hydrogen (secondary N) is 3. The van der Waals surface area contributed by atoms with Gasteiger partial charge in [0.05, 0.1) is 24.4 Å². The van der Waals surface area contributed by atoms with Crippen LogP contribution in [0.1, 0.15) is 17.2 Å². The highest BCUT2D eigenvalue weighted by Gasteiger charge is 2.27. The number of aromatic nitrogens is 5. The minimum absolute atomic E-state index is 0.0293. The second-order valence-corrected chi connectivity index (χ2v) is 7.23. The Bertz CT molecular complexity index is 1260. The molecule has 0 amide bonds. The molecule has 9 nitrogen and oxygen atoms in total. The van der Waals surface area contributed by atoms with E-state index in [1.54, 1.807) is 23.9 Å². The summed E-state index contributed by atoms with van der Waals surface area (Å²) >= 11 is 0. The summed E-state index contributed by atoms with van der Waals surface area (Å²) in [6.45, 7) is 1.04. The number of methoxy groups -OCH3 is 1. The van der Waals surface area contributed by atoms with Crippen LogP contribution in [0.3, 0.4) is 0 Å². The van der Waals surface area contributed by atoms with E-state index >= 15 is 0 Å². The van der Waals surface area contributed by atoms with Gasteiger partial charge in [0.25, 0.3) is 5.56 Å². The molecule has 152 valence electrons. The first-order valence-corrected chi connectivity index (χ1v) is 9.71. The van der Waals surface area contributed by atoms with Gasteiger partial charge in [0.15, 0.2) is 0 Å². The number of rotatable bonds is 6. The van der Waals surface area contributed by atoms with Crippen LogP contribution in [0, 0.1) is 0 Å². The van der Waals surface area contributed by atoms with Crippen LogP contribution in [0.4, 0.5) is 17.3 Å². The molecule has 30 heavy (non-hydrogen) atoms. The Morgan fingerprint density at radius 2 is 2.20 bits per heavy atom. The van der Waals surface area contributed by atoms with E-state index in [9.17, 15) is 4.79 Å². The number of hydrogen-bond donors (Lipinski definition) is 3. The molecule has 1 aliphatic rings. The van der Waals surface area contributed by atoms with Crippen molar-refractivity contribution in [1.29, 1.82) is 0 Å². The summed E-state index contributed by atoms with van der Waals surface area (Å²) < 4.78 is 6.70. The SMILES string of the molecule is COCCn1ccc(C2Cc3c(Nc4ccc5[nH]ncc5c4)ncnc3N2)cc1=O. The third-order valence-electron chi connectivity index (χ3n) is 5.33. The topological polar surface area (TPSA) is 110 Å². The largest absolute Gasteiger partial charge is 0.383 e. The lowest BCUT2D eigenvalue weighted by atomic mass is 10.0. The van der Waals surface area contributed by atoms with Crippen LogP contribution in [-0.2, 0) is 17.7 Å². The average molecular weight is 403 g/mol. The van der Waals surface area contributed by atoms with Crippen molar-refractivity contribution in [2.45, 2.75) is 19.0 Å². The first-order valence-electron chi connectivity index (χ1n) is 9.71. The summed E-state index contributed by atoms with van der Waals surface area (Å²) in [6.07, 6.45) is 5.83. The summed E-state index contributed by atoms with van der Waals surface area (Å²) in [7, 11) is 1.62. The highest BCUT2D eigenvalue weighted by molar-refractivity contribution is 5.83. The summed E-state index contributed by atoms with van der Waals surface area (Å²) in [5, 5.41) is 14.8. The van der Waals surface area contributed by atoms with Gasteiger partial charge >= 0.3 is 0 Å². The molecule has 1 unspecified atom stereocenters. The predicted molar refractivity (Wildman–Crippen MR) is 114 cm³/mol. The van der Waals surface area contributed by atoms with Crippen LogP contribution < -0.4 is 16.2 Å². The molecule has 3 N–H and O–H groups in total. The van der Waals surface area contributed by atoms with E-state index in [1.165, 1.54) is 6.33 Å². The Morgan fingerprint density at radius 3 is 3.07 bits per heavy atom. The molecule has 0 saturated carbocycles. The minimum atomic E-state index is -0.0415. The van der Waals surface area contributed by atoms with Crippen LogP contribution in [0.5, 0.6) is 0 Å². The lowest BCUT2D eigenvalue weighted by Gasteiger charge is -2.12. The first-order chi connectivity index (χ1) is 14.7. The molecule has 5 rings (SSSR count). The number of nitrogens with zero attached hydrogens (tertiary/aromatic N) is 4. The van der Waals surface area contributed by atoms with Gasteiger partial charge in [-0.3, -0.25) is 9.89 Å². The Labute approximate surface area is 172 Å². The lowest BCUT2D eigenvalue weighted by Crippen LogP contribution is -2.22. The van der Waals surface area contributed by atoms with Crippen molar-refractivity contribution in [3.63, 3.8) is 0 Å². The first kappa shape index (κ1) is 18.3. The predicted octanol–water partition coefficient (Wildman–Crippen LogP) is 2.61. The van der Waals surface area contributed by atoms with Gasteiger partial charge in [-0.1, -0.05) is 0 Å². The van der Waals surface area contributed by atoms with Gasteiger partial charge in [-0.25, -0.2) is 9.97 Å². The van der Waals surface area contributed by atoms with Gasteiger partial charge in [-0.05, 0) is 29.8 Å². The van der Waals surface area contributed by atoms with Gasteiger partial charge in [-0.15, -0.1) is 0 Å². The van der Waals surface area contributed by atoms with E-state index in [1.807, 2.05) is 30.5 Å². The Morgan fingerprint density at radius 1 is 1.27 bits per heavy atom. The summed E-state index contributed by atoms with van der Waals surface area (Å²) in [6, 6.07) is 9.59. The maximum absolute atomic E-state index is 12.4. The van der Waals surface area contributed by atoms with Crippen molar-refractivity contribution >= 4 is 28.2 Å². The molecule has 4 heterocycles. The molecule has 0 radical (unpaired) electrons. The molecule has 0 aliphatic carbocycles. The lowest BCUT2D eigenvalue weighted by molar-refractivity contribution is 0.186. The van der Waals surface area contributed by atoms with E-state index in [0.717, 1.165) is 39.4 Å². The Balaban J connectivity index is 1.38. The van der Waals surface area contributed by atoms with Crippen LogP contribution >= 0.6 is 0 Å². The highest BCUT2D eigenvalue weighted by Crippen LogP contribution is 2.36. The molecule has 9 heteroatoms. The number of pyridine rings is 1. The fraction of sp³-hybridized carbons (Fsp3) is 0.238. The molecular formula is C21H21N7O2.